The third kappa shape index (κ3) is 0.554. The van der Waals surface area contributed by atoms with Gasteiger partial charge in [-0.05, 0) is 6.07 Å². The summed E-state index contributed by atoms with van der Waals surface area (Å²) >= 11 is 0. The molecule has 3 rings (SSSR count). The molecule has 0 fully saturated rings. The van der Waals surface area contributed by atoms with Crippen LogP contribution in [0.2, 0.25) is 0 Å². The lowest BCUT2D eigenvalue weighted by atomic mass is 10.4. The largest absolute Gasteiger partial charge is 0.344 e. The second kappa shape index (κ2) is 1.82. The molecule has 3 aromatic heterocycles. The van der Waals surface area contributed by atoms with Gasteiger partial charge >= 0.3 is 0 Å². The second-order valence-corrected chi connectivity index (χ2v) is 2.54. The van der Waals surface area contributed by atoms with Crippen LogP contribution in [-0.2, 0) is 0 Å². The summed E-state index contributed by atoms with van der Waals surface area (Å²) in [5.74, 6) is 0. The van der Waals surface area contributed by atoms with Gasteiger partial charge in [0.25, 0.3) is 0 Å². The maximum absolute atomic E-state index is 4.14. The van der Waals surface area contributed by atoms with E-state index in [4.69, 9.17) is 0 Å². The summed E-state index contributed by atoms with van der Waals surface area (Å²) in [5, 5.41) is 7.74. The monoisotopic (exact) mass is 159 g/mol. The van der Waals surface area contributed by atoms with Gasteiger partial charge in [-0.3, -0.25) is 4.40 Å². The molecule has 58 valence electrons. The fourth-order valence-electron chi connectivity index (χ4n) is 1.29. The van der Waals surface area contributed by atoms with Gasteiger partial charge in [0.05, 0.1) is 11.8 Å². The fraction of sp³-hybridized carbons (Fsp3) is 0. The van der Waals surface area contributed by atoms with E-state index in [1.165, 1.54) is 0 Å². The lowest BCUT2D eigenvalue weighted by Gasteiger charge is -1.90. The van der Waals surface area contributed by atoms with Gasteiger partial charge < -0.3 is 4.98 Å². The van der Waals surface area contributed by atoms with Crippen molar-refractivity contribution >= 4 is 16.7 Å². The van der Waals surface area contributed by atoms with Crippen LogP contribution < -0.4 is 0 Å². The van der Waals surface area contributed by atoms with Gasteiger partial charge in [0.1, 0.15) is 11.8 Å². The molecule has 0 aromatic carbocycles. The molecule has 0 saturated carbocycles. The molecule has 0 atom stereocenters. The van der Waals surface area contributed by atoms with Gasteiger partial charge in [-0.15, -0.1) is 10.2 Å². The van der Waals surface area contributed by atoms with E-state index in [9.17, 15) is 0 Å². The van der Waals surface area contributed by atoms with Gasteiger partial charge in [0, 0.05) is 6.20 Å². The standard InChI is InChI=1S/C7H5N5/c1-2-12-4-10-11-7(12)6-5(1)8-3-9-6/h1-4H,(H,8,9). The molecule has 0 saturated heterocycles. The smallest absolute Gasteiger partial charge is 0.188 e. The number of pyridine rings is 1. The van der Waals surface area contributed by atoms with E-state index in [-0.39, 0.29) is 0 Å². The van der Waals surface area contributed by atoms with Crippen LogP contribution in [0.15, 0.2) is 24.9 Å². The van der Waals surface area contributed by atoms with E-state index >= 15 is 0 Å². The maximum Gasteiger partial charge on any atom is 0.188 e. The van der Waals surface area contributed by atoms with Crippen molar-refractivity contribution in [2.75, 3.05) is 0 Å². The Bertz CT molecular complexity index is 485. The summed E-state index contributed by atoms with van der Waals surface area (Å²) in [7, 11) is 0. The lowest BCUT2D eigenvalue weighted by Crippen LogP contribution is -1.82. The van der Waals surface area contributed by atoms with Crippen LogP contribution in [0.5, 0.6) is 0 Å². The SMILES string of the molecule is c1nc2c(ccn3cnnc23)[nH]1. The van der Waals surface area contributed by atoms with Crippen LogP contribution in [0.3, 0.4) is 0 Å². The number of hydrogen-bond acceptors (Lipinski definition) is 3. The molecular formula is C7H5N5. The Kier molecular flexibility index (Phi) is 0.864. The van der Waals surface area contributed by atoms with Crippen molar-refractivity contribution in [3.05, 3.63) is 24.9 Å². The summed E-state index contributed by atoms with van der Waals surface area (Å²) < 4.78 is 1.84. The molecule has 3 aromatic rings. The van der Waals surface area contributed by atoms with Crippen molar-refractivity contribution in [2.45, 2.75) is 0 Å². The minimum absolute atomic E-state index is 0.786. The van der Waals surface area contributed by atoms with Crippen molar-refractivity contribution in [1.29, 1.82) is 0 Å². The number of rotatable bonds is 0. The molecule has 0 aliphatic carbocycles. The fourth-order valence-corrected chi connectivity index (χ4v) is 1.29. The van der Waals surface area contributed by atoms with Gasteiger partial charge in [-0.1, -0.05) is 0 Å². The normalized spacial score (nSPS) is 11.3. The van der Waals surface area contributed by atoms with E-state index in [1.54, 1.807) is 12.7 Å². The number of aromatic nitrogens is 5. The molecule has 0 radical (unpaired) electrons. The van der Waals surface area contributed by atoms with Crippen LogP contribution in [0.4, 0.5) is 0 Å². The zero-order valence-corrected chi connectivity index (χ0v) is 6.10. The topological polar surface area (TPSA) is 58.9 Å². The summed E-state index contributed by atoms with van der Waals surface area (Å²) in [6.07, 6.45) is 5.21. The Morgan fingerprint density at radius 3 is 3.42 bits per heavy atom. The average Bonchev–Trinajstić information content (AvgIpc) is 2.71. The van der Waals surface area contributed by atoms with Crippen molar-refractivity contribution < 1.29 is 0 Å². The number of nitrogens with zero attached hydrogens (tertiary/aromatic N) is 4. The molecule has 0 aliphatic heterocycles. The summed E-state index contributed by atoms with van der Waals surface area (Å²) in [6.45, 7) is 0. The van der Waals surface area contributed by atoms with Gasteiger partial charge in [-0.2, -0.15) is 0 Å². The van der Waals surface area contributed by atoms with E-state index in [0.717, 1.165) is 16.7 Å². The number of imidazole rings is 1. The molecule has 0 bridgehead atoms. The molecule has 0 amide bonds. The van der Waals surface area contributed by atoms with Crippen molar-refractivity contribution in [1.82, 2.24) is 24.6 Å². The zero-order chi connectivity index (χ0) is 7.97. The van der Waals surface area contributed by atoms with Crippen molar-refractivity contribution in [2.24, 2.45) is 0 Å². The molecule has 0 aliphatic rings. The Balaban J connectivity index is 2.71. The van der Waals surface area contributed by atoms with E-state index in [0.29, 0.717) is 0 Å². The maximum atomic E-state index is 4.14. The average molecular weight is 159 g/mol. The zero-order valence-electron chi connectivity index (χ0n) is 6.10. The number of H-pyrrole nitrogens is 1. The van der Waals surface area contributed by atoms with Crippen LogP contribution >= 0.6 is 0 Å². The Labute approximate surface area is 67.1 Å². The van der Waals surface area contributed by atoms with Crippen molar-refractivity contribution in [3.63, 3.8) is 0 Å². The Morgan fingerprint density at radius 1 is 1.42 bits per heavy atom. The minimum Gasteiger partial charge on any atom is -0.344 e. The highest BCUT2D eigenvalue weighted by Crippen LogP contribution is 2.12. The Hall–Kier alpha value is -1.91. The number of nitrogens with one attached hydrogen (secondary N) is 1. The number of hydrogen-bond donors (Lipinski definition) is 1. The minimum atomic E-state index is 0.786. The predicted molar refractivity (Wildman–Crippen MR) is 42.6 cm³/mol. The summed E-state index contributed by atoms with van der Waals surface area (Å²) in [6, 6.07) is 1.94. The molecule has 3 heterocycles. The molecule has 5 nitrogen and oxygen atoms in total. The molecule has 12 heavy (non-hydrogen) atoms. The number of aromatic amines is 1. The first kappa shape index (κ1) is 5.70. The molecule has 0 unspecified atom stereocenters. The lowest BCUT2D eigenvalue weighted by molar-refractivity contribution is 1.10. The van der Waals surface area contributed by atoms with Crippen LogP contribution in [0, 0.1) is 0 Å². The van der Waals surface area contributed by atoms with Crippen LogP contribution in [0.1, 0.15) is 0 Å². The highest BCUT2D eigenvalue weighted by molar-refractivity contribution is 5.87. The molecular weight excluding hydrogens is 154 g/mol. The van der Waals surface area contributed by atoms with Crippen LogP contribution in [-0.4, -0.2) is 24.6 Å². The van der Waals surface area contributed by atoms with Gasteiger partial charge in [-0.25, -0.2) is 4.98 Å². The van der Waals surface area contributed by atoms with Gasteiger partial charge in [0.2, 0.25) is 0 Å². The first-order valence-electron chi connectivity index (χ1n) is 3.56. The van der Waals surface area contributed by atoms with E-state index in [1.807, 2.05) is 16.7 Å². The first-order valence-corrected chi connectivity index (χ1v) is 3.56. The predicted octanol–water partition coefficient (Wildman–Crippen LogP) is 0.606. The highest BCUT2D eigenvalue weighted by Gasteiger charge is 2.02. The third-order valence-electron chi connectivity index (χ3n) is 1.86. The summed E-state index contributed by atoms with van der Waals surface area (Å²) in [4.78, 5) is 7.15. The van der Waals surface area contributed by atoms with Crippen LogP contribution in [0.25, 0.3) is 16.7 Å². The van der Waals surface area contributed by atoms with E-state index < -0.39 is 0 Å². The molecule has 1 N–H and O–H groups in total. The quantitative estimate of drug-likeness (QED) is 0.522. The highest BCUT2D eigenvalue weighted by atomic mass is 15.2. The first-order chi connectivity index (χ1) is 5.95. The third-order valence-corrected chi connectivity index (χ3v) is 1.86. The van der Waals surface area contributed by atoms with Crippen molar-refractivity contribution in [3.8, 4) is 0 Å². The second-order valence-electron chi connectivity index (χ2n) is 2.54. The molecule has 0 spiro atoms. The summed E-state index contributed by atoms with van der Waals surface area (Å²) in [5.41, 5.74) is 2.62. The Morgan fingerprint density at radius 2 is 2.42 bits per heavy atom. The van der Waals surface area contributed by atoms with Gasteiger partial charge in [0.15, 0.2) is 5.65 Å². The number of fused-ring (bicyclic) bond motifs is 3. The molecule has 5 heteroatoms. The van der Waals surface area contributed by atoms with E-state index in [2.05, 4.69) is 20.2 Å².